The summed E-state index contributed by atoms with van der Waals surface area (Å²) in [5.41, 5.74) is 4.57. The summed E-state index contributed by atoms with van der Waals surface area (Å²) < 4.78 is 7.17. The summed E-state index contributed by atoms with van der Waals surface area (Å²) >= 11 is 3.20. The first kappa shape index (κ1) is 26.1. The van der Waals surface area contributed by atoms with Crippen molar-refractivity contribution >= 4 is 40.7 Å². The second kappa shape index (κ2) is 11.4. The molecule has 7 nitrogen and oxygen atoms in total. The number of hydrogen-bond acceptors (Lipinski definition) is 6. The molecular weight excluding hydrogens is 516 g/mol. The van der Waals surface area contributed by atoms with Crippen LogP contribution < -0.4 is 15.0 Å². The molecule has 2 amide bonds. The summed E-state index contributed by atoms with van der Waals surface area (Å²) in [7, 11) is 1.63. The summed E-state index contributed by atoms with van der Waals surface area (Å²) in [5, 5.41) is 12.2. The molecule has 3 heterocycles. The van der Waals surface area contributed by atoms with E-state index in [9.17, 15) is 9.59 Å². The number of fused-ring (bicyclic) bond motifs is 1. The number of anilines is 1. The van der Waals surface area contributed by atoms with E-state index in [0.717, 1.165) is 40.2 Å². The first-order valence-electron chi connectivity index (χ1n) is 12.6. The van der Waals surface area contributed by atoms with Crippen molar-refractivity contribution in [3.05, 3.63) is 82.6 Å². The van der Waals surface area contributed by atoms with Gasteiger partial charge in [-0.1, -0.05) is 37.3 Å². The Bertz CT molecular complexity index is 1400. The van der Waals surface area contributed by atoms with Crippen LogP contribution in [-0.2, 0) is 9.59 Å². The molecule has 196 valence electrons. The molecule has 2 aromatic carbocycles. The normalized spacial score (nSPS) is 16.0. The van der Waals surface area contributed by atoms with E-state index in [1.165, 1.54) is 0 Å². The molecule has 9 heteroatoms. The number of thioether (sulfide) groups is 1. The smallest absolute Gasteiger partial charge is 0.240 e. The quantitative estimate of drug-likeness (QED) is 0.307. The minimum atomic E-state index is -0.193. The fourth-order valence-corrected chi connectivity index (χ4v) is 6.45. The molecule has 1 aliphatic heterocycles. The van der Waals surface area contributed by atoms with Gasteiger partial charge in [0.15, 0.2) is 0 Å². The lowest BCUT2D eigenvalue weighted by molar-refractivity contribution is -0.123. The number of amides is 2. The Morgan fingerprint density at radius 1 is 1.16 bits per heavy atom. The molecule has 5 rings (SSSR count). The zero-order chi connectivity index (χ0) is 26.6. The fraction of sp³-hybridized carbons (Fsp3) is 0.276. The van der Waals surface area contributed by atoms with Crippen molar-refractivity contribution < 1.29 is 14.3 Å². The average Bonchev–Trinajstić information content (AvgIpc) is 3.59. The zero-order valence-electron chi connectivity index (χ0n) is 21.6. The summed E-state index contributed by atoms with van der Waals surface area (Å²) in [6.07, 6.45) is 0.808. The van der Waals surface area contributed by atoms with Crippen LogP contribution in [-0.4, -0.2) is 47.0 Å². The van der Waals surface area contributed by atoms with Gasteiger partial charge in [-0.3, -0.25) is 14.5 Å². The predicted molar refractivity (Wildman–Crippen MR) is 154 cm³/mol. The van der Waals surface area contributed by atoms with Crippen LogP contribution >= 0.6 is 23.1 Å². The molecule has 2 aromatic heterocycles. The maximum Gasteiger partial charge on any atom is 0.240 e. The van der Waals surface area contributed by atoms with Gasteiger partial charge in [-0.2, -0.15) is 16.4 Å². The number of aromatic nitrogens is 2. The molecule has 0 bridgehead atoms. The molecular formula is C29H30N4O3S2. The van der Waals surface area contributed by atoms with Gasteiger partial charge in [-0.15, -0.1) is 11.8 Å². The molecule has 0 unspecified atom stereocenters. The molecule has 0 saturated heterocycles. The molecule has 38 heavy (non-hydrogen) atoms. The number of hydrogen-bond donors (Lipinski definition) is 1. The van der Waals surface area contributed by atoms with E-state index in [1.807, 2.05) is 68.4 Å². The molecule has 0 radical (unpaired) electrons. The van der Waals surface area contributed by atoms with Crippen molar-refractivity contribution in [2.75, 3.05) is 24.3 Å². The zero-order valence-corrected chi connectivity index (χ0v) is 23.2. The second-order valence-corrected chi connectivity index (χ2v) is 11.0. The van der Waals surface area contributed by atoms with Gasteiger partial charge >= 0.3 is 0 Å². The third kappa shape index (κ3) is 5.21. The van der Waals surface area contributed by atoms with Gasteiger partial charge in [-0.25, -0.2) is 4.68 Å². The number of ether oxygens (including phenoxy) is 1. The van der Waals surface area contributed by atoms with E-state index in [1.54, 1.807) is 39.8 Å². The monoisotopic (exact) mass is 546 g/mol. The molecule has 4 aromatic rings. The standard InChI is InChI=1S/C29H30N4O3S2/c1-4-19(2)30-24(34)16-32-25(35)18-38-28(21-14-15-37-17-21)26-27(20-8-6-5-7-9-20)31-33(29(26)32)22-10-12-23(36-3)13-11-22/h5-15,17,19,28H,4,16,18H2,1-3H3,(H,30,34)/t19-,28+/m0/s1. The lowest BCUT2D eigenvalue weighted by Gasteiger charge is -2.24. The van der Waals surface area contributed by atoms with Crippen molar-refractivity contribution in [2.45, 2.75) is 31.6 Å². The van der Waals surface area contributed by atoms with Crippen LogP contribution in [0.4, 0.5) is 5.82 Å². The van der Waals surface area contributed by atoms with Crippen LogP contribution in [0.2, 0.25) is 0 Å². The highest BCUT2D eigenvalue weighted by Gasteiger charge is 2.37. The van der Waals surface area contributed by atoms with E-state index in [2.05, 4.69) is 22.1 Å². The minimum Gasteiger partial charge on any atom is -0.497 e. The first-order valence-corrected chi connectivity index (χ1v) is 14.6. The van der Waals surface area contributed by atoms with Gasteiger partial charge in [0.2, 0.25) is 11.8 Å². The van der Waals surface area contributed by atoms with E-state index in [0.29, 0.717) is 5.82 Å². The van der Waals surface area contributed by atoms with E-state index >= 15 is 0 Å². The van der Waals surface area contributed by atoms with Gasteiger partial charge in [0.1, 0.15) is 18.1 Å². The van der Waals surface area contributed by atoms with Crippen molar-refractivity contribution in [1.29, 1.82) is 0 Å². The van der Waals surface area contributed by atoms with Crippen molar-refractivity contribution in [2.24, 2.45) is 0 Å². The third-order valence-electron chi connectivity index (χ3n) is 6.62. The highest BCUT2D eigenvalue weighted by molar-refractivity contribution is 8.00. The summed E-state index contributed by atoms with van der Waals surface area (Å²) in [6, 6.07) is 19.7. The van der Waals surface area contributed by atoms with Crippen molar-refractivity contribution in [1.82, 2.24) is 15.1 Å². The van der Waals surface area contributed by atoms with E-state index in [4.69, 9.17) is 9.84 Å². The number of benzene rings is 2. The Labute approximate surface area is 230 Å². The number of carbonyl (C=O) groups excluding carboxylic acids is 2. The maximum absolute atomic E-state index is 13.7. The predicted octanol–water partition coefficient (Wildman–Crippen LogP) is 5.69. The van der Waals surface area contributed by atoms with Crippen LogP contribution in [0.3, 0.4) is 0 Å². The highest BCUT2D eigenvalue weighted by Crippen LogP contribution is 2.48. The van der Waals surface area contributed by atoms with Crippen LogP contribution in [0.5, 0.6) is 5.75 Å². The number of thiophene rings is 1. The number of methoxy groups -OCH3 is 1. The number of nitrogens with one attached hydrogen (secondary N) is 1. The van der Waals surface area contributed by atoms with Crippen LogP contribution in [0.25, 0.3) is 16.9 Å². The summed E-state index contributed by atoms with van der Waals surface area (Å²) in [4.78, 5) is 28.4. The van der Waals surface area contributed by atoms with Gasteiger partial charge in [0.25, 0.3) is 0 Å². The van der Waals surface area contributed by atoms with Crippen LogP contribution in [0.15, 0.2) is 71.4 Å². The molecule has 0 aliphatic carbocycles. The van der Waals surface area contributed by atoms with Gasteiger partial charge in [0, 0.05) is 17.2 Å². The minimum absolute atomic E-state index is 0.0170. The van der Waals surface area contributed by atoms with E-state index in [-0.39, 0.29) is 35.4 Å². The average molecular weight is 547 g/mol. The molecule has 0 spiro atoms. The van der Waals surface area contributed by atoms with Crippen molar-refractivity contribution in [3.63, 3.8) is 0 Å². The number of nitrogens with zero attached hydrogens (tertiary/aromatic N) is 3. The molecule has 2 atom stereocenters. The topological polar surface area (TPSA) is 76.5 Å². The van der Waals surface area contributed by atoms with Crippen LogP contribution in [0, 0.1) is 0 Å². The lowest BCUT2D eigenvalue weighted by atomic mass is 10.0. The Balaban J connectivity index is 1.75. The second-order valence-electron chi connectivity index (χ2n) is 9.17. The highest BCUT2D eigenvalue weighted by atomic mass is 32.2. The van der Waals surface area contributed by atoms with Crippen molar-refractivity contribution in [3.8, 4) is 22.7 Å². The largest absolute Gasteiger partial charge is 0.497 e. The number of rotatable bonds is 8. The summed E-state index contributed by atoms with van der Waals surface area (Å²) in [5.74, 6) is 1.29. The Hall–Kier alpha value is -3.56. The number of carbonyl (C=O) groups is 2. The Morgan fingerprint density at radius 3 is 2.58 bits per heavy atom. The lowest BCUT2D eigenvalue weighted by Crippen LogP contribution is -2.44. The fourth-order valence-electron chi connectivity index (χ4n) is 4.49. The molecule has 1 N–H and O–H groups in total. The van der Waals surface area contributed by atoms with Gasteiger partial charge < -0.3 is 10.1 Å². The Morgan fingerprint density at radius 2 is 1.92 bits per heavy atom. The molecule has 1 aliphatic rings. The molecule has 0 saturated carbocycles. The molecule has 0 fully saturated rings. The maximum atomic E-state index is 13.7. The third-order valence-corrected chi connectivity index (χ3v) is 8.58. The first-order chi connectivity index (χ1) is 18.5. The van der Waals surface area contributed by atoms with Gasteiger partial charge in [0.05, 0.1) is 29.5 Å². The Kier molecular flexibility index (Phi) is 7.85. The summed E-state index contributed by atoms with van der Waals surface area (Å²) in [6.45, 7) is 3.90. The van der Waals surface area contributed by atoms with Gasteiger partial charge in [-0.05, 0) is 60.0 Å². The van der Waals surface area contributed by atoms with E-state index < -0.39 is 0 Å². The van der Waals surface area contributed by atoms with Crippen LogP contribution in [0.1, 0.15) is 36.6 Å². The SMILES string of the molecule is CC[C@H](C)NC(=O)CN1C(=O)CS[C@H](c2ccsc2)c2c(-c3ccccc3)nn(-c3ccc(OC)cc3)c21.